The van der Waals surface area contributed by atoms with Crippen LogP contribution in [0.1, 0.15) is 23.2 Å². The monoisotopic (exact) mass is 366 g/mol. The first-order chi connectivity index (χ1) is 13.0. The van der Waals surface area contributed by atoms with Crippen LogP contribution in [0.2, 0.25) is 0 Å². The van der Waals surface area contributed by atoms with Crippen molar-refractivity contribution >= 4 is 34.6 Å². The van der Waals surface area contributed by atoms with Crippen molar-refractivity contribution in [2.75, 3.05) is 34.8 Å². The van der Waals surface area contributed by atoms with Crippen LogP contribution in [0.5, 0.6) is 0 Å². The molecular weight excluding hydrogens is 348 g/mol. The van der Waals surface area contributed by atoms with Gasteiger partial charge in [-0.2, -0.15) is 0 Å². The number of benzene rings is 2. The number of nitro benzene ring substituents is 1. The van der Waals surface area contributed by atoms with E-state index >= 15 is 0 Å². The van der Waals surface area contributed by atoms with Crippen LogP contribution in [-0.2, 0) is 4.79 Å². The Kier molecular flexibility index (Phi) is 4.23. The molecule has 1 saturated heterocycles. The molecule has 2 heterocycles. The first-order valence-corrected chi connectivity index (χ1v) is 8.79. The first-order valence-electron chi connectivity index (χ1n) is 8.79. The van der Waals surface area contributed by atoms with E-state index in [9.17, 15) is 19.7 Å². The summed E-state index contributed by atoms with van der Waals surface area (Å²) in [6, 6.07) is 11.5. The summed E-state index contributed by atoms with van der Waals surface area (Å²) < 4.78 is 0. The summed E-state index contributed by atoms with van der Waals surface area (Å²) in [6.07, 6.45) is 2.00. The number of nitro groups is 1. The predicted molar refractivity (Wildman–Crippen MR) is 101 cm³/mol. The Bertz CT molecular complexity index is 937. The zero-order valence-electron chi connectivity index (χ0n) is 14.6. The molecule has 2 aromatic carbocycles. The highest BCUT2D eigenvalue weighted by Crippen LogP contribution is 2.34. The van der Waals surface area contributed by atoms with E-state index in [4.69, 9.17) is 0 Å². The Hall–Kier alpha value is -3.42. The molecule has 1 N–H and O–H groups in total. The second-order valence-corrected chi connectivity index (χ2v) is 6.61. The van der Waals surface area contributed by atoms with Crippen LogP contribution in [0.15, 0.2) is 42.5 Å². The lowest BCUT2D eigenvalue weighted by molar-refractivity contribution is -0.384. The van der Waals surface area contributed by atoms with Crippen molar-refractivity contribution in [2.45, 2.75) is 12.8 Å². The molecule has 138 valence electrons. The SMILES string of the molecule is O=C1CN(C(=O)c2ccc(N3CCCC3)c([N+](=O)[O-])c2)c2ccccc2N1. The van der Waals surface area contributed by atoms with Gasteiger partial charge in [-0.1, -0.05) is 12.1 Å². The molecule has 2 aromatic rings. The van der Waals surface area contributed by atoms with Crippen LogP contribution in [0.25, 0.3) is 0 Å². The van der Waals surface area contributed by atoms with Crippen molar-refractivity contribution in [2.24, 2.45) is 0 Å². The summed E-state index contributed by atoms with van der Waals surface area (Å²) in [5, 5.41) is 14.3. The quantitative estimate of drug-likeness (QED) is 0.666. The van der Waals surface area contributed by atoms with Gasteiger partial charge >= 0.3 is 0 Å². The molecule has 0 spiro atoms. The van der Waals surface area contributed by atoms with Gasteiger partial charge in [0, 0.05) is 24.7 Å². The highest BCUT2D eigenvalue weighted by Gasteiger charge is 2.30. The molecule has 0 saturated carbocycles. The van der Waals surface area contributed by atoms with Crippen molar-refractivity contribution in [3.8, 4) is 0 Å². The van der Waals surface area contributed by atoms with E-state index in [1.165, 1.54) is 11.0 Å². The normalized spacial score (nSPS) is 16.1. The minimum atomic E-state index is -0.457. The maximum atomic E-state index is 13.0. The second-order valence-electron chi connectivity index (χ2n) is 6.61. The standard InChI is InChI=1S/C19H18N4O4/c24-18-12-22(15-6-2-1-5-14(15)20-18)19(25)13-7-8-16(17(11-13)23(26)27)21-9-3-4-10-21/h1-2,5-8,11H,3-4,9-10,12H2,(H,20,24). The average molecular weight is 366 g/mol. The molecule has 0 unspecified atom stereocenters. The summed E-state index contributed by atoms with van der Waals surface area (Å²) in [7, 11) is 0. The third-order valence-corrected chi connectivity index (χ3v) is 4.88. The lowest BCUT2D eigenvalue weighted by Gasteiger charge is -2.29. The largest absolute Gasteiger partial charge is 0.366 e. The molecule has 0 aromatic heterocycles. The average Bonchev–Trinajstić information content (AvgIpc) is 3.20. The number of nitrogens with zero attached hydrogens (tertiary/aromatic N) is 3. The fraction of sp³-hybridized carbons (Fsp3) is 0.263. The zero-order valence-corrected chi connectivity index (χ0v) is 14.6. The molecule has 0 atom stereocenters. The first kappa shape index (κ1) is 17.0. The van der Waals surface area contributed by atoms with Gasteiger partial charge in [-0.3, -0.25) is 24.6 Å². The van der Waals surface area contributed by atoms with Gasteiger partial charge in [-0.15, -0.1) is 0 Å². The lowest BCUT2D eigenvalue weighted by Crippen LogP contribution is -2.42. The highest BCUT2D eigenvalue weighted by atomic mass is 16.6. The smallest absolute Gasteiger partial charge is 0.293 e. The van der Waals surface area contributed by atoms with E-state index in [2.05, 4.69) is 5.32 Å². The number of nitrogens with one attached hydrogen (secondary N) is 1. The number of amides is 2. The molecule has 0 aliphatic carbocycles. The number of anilines is 3. The van der Waals surface area contributed by atoms with E-state index in [1.807, 2.05) is 4.90 Å². The Morgan fingerprint density at radius 1 is 1.07 bits per heavy atom. The van der Waals surface area contributed by atoms with E-state index < -0.39 is 10.8 Å². The Balaban J connectivity index is 1.71. The maximum Gasteiger partial charge on any atom is 0.293 e. The number of rotatable bonds is 3. The number of para-hydroxylation sites is 2. The number of carbonyl (C=O) groups is 2. The highest BCUT2D eigenvalue weighted by molar-refractivity contribution is 6.15. The van der Waals surface area contributed by atoms with Gasteiger partial charge in [-0.25, -0.2) is 0 Å². The van der Waals surface area contributed by atoms with Gasteiger partial charge in [0.05, 0.1) is 16.3 Å². The van der Waals surface area contributed by atoms with Crippen LogP contribution in [0, 0.1) is 10.1 Å². The van der Waals surface area contributed by atoms with Crippen LogP contribution in [0.4, 0.5) is 22.7 Å². The van der Waals surface area contributed by atoms with Crippen molar-refractivity contribution < 1.29 is 14.5 Å². The predicted octanol–water partition coefficient (Wildman–Crippen LogP) is 2.79. The van der Waals surface area contributed by atoms with E-state index in [-0.39, 0.29) is 23.7 Å². The Labute approximate surface area is 155 Å². The molecule has 1 fully saturated rings. The number of hydrogen-bond donors (Lipinski definition) is 1. The summed E-state index contributed by atoms with van der Waals surface area (Å²) in [5.41, 5.74) is 1.76. The summed E-state index contributed by atoms with van der Waals surface area (Å²) in [5.74, 6) is -0.737. The number of hydrogen-bond acceptors (Lipinski definition) is 5. The molecule has 4 rings (SSSR count). The molecule has 8 heteroatoms. The van der Waals surface area contributed by atoms with Crippen LogP contribution in [-0.4, -0.2) is 36.4 Å². The van der Waals surface area contributed by atoms with E-state index in [0.717, 1.165) is 25.9 Å². The van der Waals surface area contributed by atoms with Crippen LogP contribution < -0.4 is 15.1 Å². The van der Waals surface area contributed by atoms with Gasteiger partial charge in [0.1, 0.15) is 12.2 Å². The van der Waals surface area contributed by atoms with Gasteiger partial charge in [-0.05, 0) is 37.1 Å². The molecular formula is C19H18N4O4. The third-order valence-electron chi connectivity index (χ3n) is 4.88. The summed E-state index contributed by atoms with van der Waals surface area (Å²) >= 11 is 0. The Morgan fingerprint density at radius 3 is 2.56 bits per heavy atom. The minimum absolute atomic E-state index is 0.0857. The number of carbonyl (C=O) groups excluding carboxylic acids is 2. The van der Waals surface area contributed by atoms with Gasteiger partial charge in [0.2, 0.25) is 5.91 Å². The maximum absolute atomic E-state index is 13.0. The summed E-state index contributed by atoms with van der Waals surface area (Å²) in [6.45, 7) is 1.42. The molecule has 8 nitrogen and oxygen atoms in total. The second kappa shape index (κ2) is 6.71. The lowest BCUT2D eigenvalue weighted by atomic mass is 10.1. The third kappa shape index (κ3) is 3.10. The Morgan fingerprint density at radius 2 is 1.81 bits per heavy atom. The minimum Gasteiger partial charge on any atom is -0.366 e. The number of fused-ring (bicyclic) bond motifs is 1. The molecule has 2 amide bonds. The zero-order chi connectivity index (χ0) is 19.0. The van der Waals surface area contributed by atoms with E-state index in [0.29, 0.717) is 17.1 Å². The van der Waals surface area contributed by atoms with Gasteiger partial charge in [0.25, 0.3) is 11.6 Å². The van der Waals surface area contributed by atoms with Gasteiger partial charge < -0.3 is 10.2 Å². The van der Waals surface area contributed by atoms with Crippen LogP contribution >= 0.6 is 0 Å². The van der Waals surface area contributed by atoms with Crippen molar-refractivity contribution in [3.05, 3.63) is 58.1 Å². The van der Waals surface area contributed by atoms with Crippen molar-refractivity contribution in [1.29, 1.82) is 0 Å². The molecule has 2 aliphatic heterocycles. The summed E-state index contributed by atoms with van der Waals surface area (Å²) in [4.78, 5) is 39.4. The van der Waals surface area contributed by atoms with Gasteiger partial charge in [0.15, 0.2) is 0 Å². The molecule has 2 aliphatic rings. The van der Waals surface area contributed by atoms with Crippen LogP contribution in [0.3, 0.4) is 0 Å². The van der Waals surface area contributed by atoms with Crippen molar-refractivity contribution in [1.82, 2.24) is 0 Å². The fourth-order valence-electron chi connectivity index (χ4n) is 3.60. The molecule has 0 bridgehead atoms. The molecule has 0 radical (unpaired) electrons. The fourth-order valence-corrected chi connectivity index (χ4v) is 3.60. The molecule has 27 heavy (non-hydrogen) atoms. The van der Waals surface area contributed by atoms with E-state index in [1.54, 1.807) is 36.4 Å². The topological polar surface area (TPSA) is 95.8 Å². The van der Waals surface area contributed by atoms with Crippen molar-refractivity contribution in [3.63, 3.8) is 0 Å².